The summed E-state index contributed by atoms with van der Waals surface area (Å²) in [6.07, 6.45) is 4.04. The van der Waals surface area contributed by atoms with Gasteiger partial charge in [0.05, 0.1) is 13.7 Å². The molecule has 0 fully saturated rings. The number of aryl methyl sites for hydroxylation is 1. The number of esters is 1. The summed E-state index contributed by atoms with van der Waals surface area (Å²) in [4.78, 5) is 11.7. The third kappa shape index (κ3) is 4.31. The topological polar surface area (TPSA) is 54.0 Å². The van der Waals surface area contributed by atoms with Gasteiger partial charge in [0.1, 0.15) is 0 Å². The van der Waals surface area contributed by atoms with Gasteiger partial charge in [-0.3, -0.25) is 0 Å². The minimum absolute atomic E-state index is 0.125. The van der Waals surface area contributed by atoms with E-state index >= 15 is 0 Å². The number of hydrogen-bond donors (Lipinski definition) is 0. The molecule has 0 unspecified atom stereocenters. The fraction of sp³-hybridized carbons (Fsp3) is 0.350. The Morgan fingerprint density at radius 1 is 1.20 bits per heavy atom. The van der Waals surface area contributed by atoms with Crippen LogP contribution in [0.3, 0.4) is 0 Å². The van der Waals surface area contributed by atoms with Crippen LogP contribution < -0.4 is 9.47 Å². The molecule has 0 atom stereocenters. The Labute approximate surface area is 148 Å². The average molecular weight is 344 g/mol. The first-order chi connectivity index (χ1) is 12.2. The van der Waals surface area contributed by atoms with Crippen LogP contribution in [0.4, 0.5) is 0 Å². The predicted octanol–water partition coefficient (Wildman–Crippen LogP) is 3.97. The molecule has 0 radical (unpaired) electrons. The lowest BCUT2D eigenvalue weighted by molar-refractivity contribution is -0.137. The highest BCUT2D eigenvalue weighted by Gasteiger charge is 2.15. The molecule has 2 aromatic carbocycles. The Kier molecular flexibility index (Phi) is 6.83. The summed E-state index contributed by atoms with van der Waals surface area (Å²) in [5.41, 5.74) is 2.04. The molecule has 5 heteroatoms. The summed E-state index contributed by atoms with van der Waals surface area (Å²) in [7, 11) is 3.16. The van der Waals surface area contributed by atoms with E-state index in [0.717, 1.165) is 28.3 Å². The SMILES string of the molecule is CCOC(=O)/C=C\c1cc(OC)c(OCOC)c2cccc(CC)c12. The normalized spacial score (nSPS) is 11.0. The molecule has 0 heterocycles. The third-order valence-electron chi connectivity index (χ3n) is 3.80. The van der Waals surface area contributed by atoms with Gasteiger partial charge in [-0.2, -0.15) is 0 Å². The van der Waals surface area contributed by atoms with E-state index in [-0.39, 0.29) is 12.8 Å². The predicted molar refractivity (Wildman–Crippen MR) is 98.0 cm³/mol. The van der Waals surface area contributed by atoms with Gasteiger partial charge in [-0.15, -0.1) is 0 Å². The smallest absolute Gasteiger partial charge is 0.330 e. The fourth-order valence-electron chi connectivity index (χ4n) is 2.73. The van der Waals surface area contributed by atoms with Gasteiger partial charge in [0.15, 0.2) is 18.3 Å². The summed E-state index contributed by atoms with van der Waals surface area (Å²) in [6, 6.07) is 7.89. The van der Waals surface area contributed by atoms with Gasteiger partial charge in [0.25, 0.3) is 0 Å². The van der Waals surface area contributed by atoms with Gasteiger partial charge in [-0.1, -0.05) is 25.1 Å². The highest BCUT2D eigenvalue weighted by molar-refractivity contribution is 6.01. The molecule has 0 aromatic heterocycles. The number of hydrogen-bond acceptors (Lipinski definition) is 5. The van der Waals surface area contributed by atoms with Crippen LogP contribution in [0.5, 0.6) is 11.5 Å². The number of fused-ring (bicyclic) bond motifs is 1. The van der Waals surface area contributed by atoms with Crippen LogP contribution in [0.2, 0.25) is 0 Å². The first-order valence-electron chi connectivity index (χ1n) is 8.25. The monoisotopic (exact) mass is 344 g/mol. The van der Waals surface area contributed by atoms with Crippen LogP contribution >= 0.6 is 0 Å². The molecule has 0 bridgehead atoms. The maximum atomic E-state index is 11.7. The first-order valence-corrected chi connectivity index (χ1v) is 8.25. The molecule has 0 saturated heterocycles. The molecular formula is C20H24O5. The van der Waals surface area contributed by atoms with E-state index in [0.29, 0.717) is 18.1 Å². The Morgan fingerprint density at radius 2 is 2.00 bits per heavy atom. The molecule has 0 saturated carbocycles. The largest absolute Gasteiger partial charge is 0.493 e. The zero-order chi connectivity index (χ0) is 18.2. The van der Waals surface area contributed by atoms with Crippen LogP contribution in [0, 0.1) is 0 Å². The molecule has 0 spiro atoms. The maximum Gasteiger partial charge on any atom is 0.330 e. The summed E-state index contributed by atoms with van der Waals surface area (Å²) in [5, 5.41) is 1.94. The summed E-state index contributed by atoms with van der Waals surface area (Å²) in [6.45, 7) is 4.34. The molecule has 2 aromatic rings. The lowest BCUT2D eigenvalue weighted by Crippen LogP contribution is -2.03. The van der Waals surface area contributed by atoms with Crippen LogP contribution in [0.1, 0.15) is 25.0 Å². The minimum Gasteiger partial charge on any atom is -0.493 e. The second kappa shape index (κ2) is 9.08. The molecule has 0 N–H and O–H groups in total. The number of benzene rings is 2. The Bertz CT molecular complexity index is 764. The van der Waals surface area contributed by atoms with Crippen molar-refractivity contribution in [2.45, 2.75) is 20.3 Å². The number of rotatable bonds is 8. The standard InChI is InChI=1S/C20H24O5/c1-5-14-8-7-9-16-19(14)15(10-11-18(21)24-6-2)12-17(23-4)20(16)25-13-22-3/h7-12H,5-6,13H2,1-4H3/b11-10-. The quantitative estimate of drug-likeness (QED) is 0.412. The van der Waals surface area contributed by atoms with E-state index in [1.54, 1.807) is 27.2 Å². The Morgan fingerprint density at radius 3 is 2.64 bits per heavy atom. The molecule has 0 aliphatic heterocycles. The van der Waals surface area contributed by atoms with Crippen molar-refractivity contribution < 1.29 is 23.7 Å². The van der Waals surface area contributed by atoms with Crippen molar-refractivity contribution in [1.29, 1.82) is 0 Å². The Hall–Kier alpha value is -2.53. The zero-order valence-corrected chi connectivity index (χ0v) is 15.1. The second-order valence-electron chi connectivity index (χ2n) is 5.33. The van der Waals surface area contributed by atoms with E-state index in [2.05, 4.69) is 13.0 Å². The van der Waals surface area contributed by atoms with E-state index in [4.69, 9.17) is 18.9 Å². The molecule has 134 valence electrons. The van der Waals surface area contributed by atoms with Crippen LogP contribution in [0.25, 0.3) is 16.8 Å². The van der Waals surface area contributed by atoms with E-state index in [1.807, 2.05) is 18.2 Å². The van der Waals surface area contributed by atoms with E-state index < -0.39 is 0 Å². The van der Waals surface area contributed by atoms with Crippen LogP contribution in [-0.2, 0) is 20.7 Å². The zero-order valence-electron chi connectivity index (χ0n) is 15.1. The van der Waals surface area contributed by atoms with Crippen molar-refractivity contribution in [2.24, 2.45) is 0 Å². The van der Waals surface area contributed by atoms with Crippen molar-refractivity contribution in [2.75, 3.05) is 27.6 Å². The van der Waals surface area contributed by atoms with Gasteiger partial charge in [-0.05, 0) is 42.0 Å². The summed E-state index contributed by atoms with van der Waals surface area (Å²) < 4.78 is 21.2. The average Bonchev–Trinajstić information content (AvgIpc) is 2.64. The van der Waals surface area contributed by atoms with Crippen molar-refractivity contribution >= 4 is 22.8 Å². The lowest BCUT2D eigenvalue weighted by Gasteiger charge is -2.17. The maximum absolute atomic E-state index is 11.7. The number of ether oxygens (including phenoxy) is 4. The minimum atomic E-state index is -0.372. The third-order valence-corrected chi connectivity index (χ3v) is 3.80. The van der Waals surface area contributed by atoms with Crippen LogP contribution in [-0.4, -0.2) is 33.6 Å². The highest BCUT2D eigenvalue weighted by Crippen LogP contribution is 2.40. The van der Waals surface area contributed by atoms with Gasteiger partial charge in [0, 0.05) is 18.6 Å². The van der Waals surface area contributed by atoms with Crippen LogP contribution in [0.15, 0.2) is 30.3 Å². The van der Waals surface area contributed by atoms with Gasteiger partial charge < -0.3 is 18.9 Å². The summed E-state index contributed by atoms with van der Waals surface area (Å²) >= 11 is 0. The number of carbonyl (C=O) groups excluding carboxylic acids is 1. The first kappa shape index (κ1) is 18.8. The Balaban J connectivity index is 2.66. The molecule has 0 amide bonds. The van der Waals surface area contributed by atoms with Crippen molar-refractivity contribution in [3.8, 4) is 11.5 Å². The van der Waals surface area contributed by atoms with E-state index in [9.17, 15) is 4.79 Å². The van der Waals surface area contributed by atoms with Crippen molar-refractivity contribution in [3.05, 3.63) is 41.5 Å². The van der Waals surface area contributed by atoms with Gasteiger partial charge in [-0.25, -0.2) is 4.79 Å². The molecule has 0 aliphatic rings. The molecular weight excluding hydrogens is 320 g/mol. The number of carbonyl (C=O) groups is 1. The number of methoxy groups -OCH3 is 2. The molecule has 0 aliphatic carbocycles. The van der Waals surface area contributed by atoms with Crippen molar-refractivity contribution in [1.82, 2.24) is 0 Å². The van der Waals surface area contributed by atoms with E-state index in [1.165, 1.54) is 6.08 Å². The second-order valence-corrected chi connectivity index (χ2v) is 5.33. The molecule has 2 rings (SSSR count). The fourth-order valence-corrected chi connectivity index (χ4v) is 2.73. The highest BCUT2D eigenvalue weighted by atomic mass is 16.7. The van der Waals surface area contributed by atoms with Crippen molar-refractivity contribution in [3.63, 3.8) is 0 Å². The molecule has 25 heavy (non-hydrogen) atoms. The summed E-state index contributed by atoms with van der Waals surface area (Å²) in [5.74, 6) is 0.840. The lowest BCUT2D eigenvalue weighted by atomic mass is 9.96. The van der Waals surface area contributed by atoms with Gasteiger partial charge in [0.2, 0.25) is 0 Å². The molecule has 5 nitrogen and oxygen atoms in total. The van der Waals surface area contributed by atoms with Gasteiger partial charge >= 0.3 is 5.97 Å².